The van der Waals surface area contributed by atoms with Gasteiger partial charge in [0.25, 0.3) is 5.91 Å². The van der Waals surface area contributed by atoms with Gasteiger partial charge in [-0.3, -0.25) is 4.79 Å². The molecule has 2 unspecified atom stereocenters. The fourth-order valence-corrected chi connectivity index (χ4v) is 5.62. The lowest BCUT2D eigenvalue weighted by Crippen LogP contribution is -2.41. The van der Waals surface area contributed by atoms with Gasteiger partial charge in [-0.1, -0.05) is 46.8 Å². The standard InChI is InChI=1S/C30H44N2O4/c1-8-23-12-13-31-28(34-6)27(23)26(18-21(2)3)30(35-7,20-22(4)5)25-11-9-10-24(19-25)29(33)32-14-16-36-17-15-32/h9-13,19,21-22,26H,8,14-18,20H2,1-7H3. The zero-order valence-corrected chi connectivity index (χ0v) is 23.2. The van der Waals surface area contributed by atoms with Gasteiger partial charge in [0, 0.05) is 43.4 Å². The number of rotatable bonds is 11. The fraction of sp³-hybridized carbons (Fsp3) is 0.600. The molecule has 0 spiro atoms. The lowest BCUT2D eigenvalue weighted by Gasteiger charge is -2.43. The number of benzene rings is 1. The second-order valence-electron chi connectivity index (χ2n) is 10.6. The minimum Gasteiger partial charge on any atom is -0.481 e. The van der Waals surface area contributed by atoms with Crippen molar-refractivity contribution >= 4 is 5.91 Å². The van der Waals surface area contributed by atoms with Crippen LogP contribution < -0.4 is 4.74 Å². The van der Waals surface area contributed by atoms with E-state index in [0.717, 1.165) is 30.4 Å². The molecule has 36 heavy (non-hydrogen) atoms. The number of carbonyl (C=O) groups excluding carboxylic acids is 1. The summed E-state index contributed by atoms with van der Waals surface area (Å²) in [6.07, 6.45) is 4.40. The normalized spacial score (nSPS) is 16.8. The smallest absolute Gasteiger partial charge is 0.254 e. The largest absolute Gasteiger partial charge is 0.481 e. The lowest BCUT2D eigenvalue weighted by molar-refractivity contribution is -0.0604. The Morgan fingerprint density at radius 3 is 2.42 bits per heavy atom. The van der Waals surface area contributed by atoms with Crippen LogP contribution in [0.5, 0.6) is 5.88 Å². The highest BCUT2D eigenvalue weighted by Gasteiger charge is 2.45. The molecule has 2 atom stereocenters. The monoisotopic (exact) mass is 496 g/mol. The number of ether oxygens (including phenoxy) is 3. The zero-order chi connectivity index (χ0) is 26.3. The van der Waals surface area contributed by atoms with Crippen LogP contribution in [-0.4, -0.2) is 56.3 Å². The van der Waals surface area contributed by atoms with Crippen molar-refractivity contribution in [3.05, 3.63) is 58.8 Å². The first kappa shape index (κ1) is 28.1. The van der Waals surface area contributed by atoms with Crippen molar-refractivity contribution < 1.29 is 19.0 Å². The number of amides is 1. The number of hydrogen-bond donors (Lipinski definition) is 0. The van der Waals surface area contributed by atoms with Gasteiger partial charge < -0.3 is 19.1 Å². The molecule has 1 aromatic heterocycles. The number of aryl methyl sites for hydroxylation is 1. The van der Waals surface area contributed by atoms with E-state index in [4.69, 9.17) is 14.2 Å². The van der Waals surface area contributed by atoms with Crippen LogP contribution in [0, 0.1) is 11.8 Å². The van der Waals surface area contributed by atoms with Gasteiger partial charge in [0.15, 0.2) is 0 Å². The molecule has 0 bridgehead atoms. The summed E-state index contributed by atoms with van der Waals surface area (Å²) in [5.41, 5.74) is 3.40. The van der Waals surface area contributed by atoms with E-state index in [9.17, 15) is 4.79 Å². The third-order valence-electron chi connectivity index (χ3n) is 7.21. The molecule has 0 radical (unpaired) electrons. The summed E-state index contributed by atoms with van der Waals surface area (Å²) in [7, 11) is 3.50. The number of aromatic nitrogens is 1. The number of methoxy groups -OCH3 is 2. The Labute approximate surface area is 217 Å². The van der Waals surface area contributed by atoms with Gasteiger partial charge in [-0.15, -0.1) is 0 Å². The van der Waals surface area contributed by atoms with Crippen molar-refractivity contribution in [2.75, 3.05) is 40.5 Å². The third kappa shape index (κ3) is 6.09. The minimum absolute atomic E-state index is 0.00256. The van der Waals surface area contributed by atoms with Crippen molar-refractivity contribution in [2.24, 2.45) is 11.8 Å². The van der Waals surface area contributed by atoms with Crippen LogP contribution in [0.1, 0.15) is 80.4 Å². The molecule has 6 heteroatoms. The summed E-state index contributed by atoms with van der Waals surface area (Å²) in [6, 6.07) is 10.2. The molecule has 3 rings (SSSR count). The topological polar surface area (TPSA) is 60.9 Å². The van der Waals surface area contributed by atoms with Gasteiger partial charge in [-0.05, 0) is 60.4 Å². The average Bonchev–Trinajstić information content (AvgIpc) is 2.90. The quantitative estimate of drug-likeness (QED) is 0.391. The van der Waals surface area contributed by atoms with Crippen LogP contribution in [0.3, 0.4) is 0 Å². The van der Waals surface area contributed by atoms with Crippen LogP contribution in [0.2, 0.25) is 0 Å². The van der Waals surface area contributed by atoms with E-state index in [1.54, 1.807) is 14.2 Å². The maximum atomic E-state index is 13.4. The van der Waals surface area contributed by atoms with Crippen LogP contribution in [0.15, 0.2) is 36.5 Å². The molecule has 198 valence electrons. The predicted molar refractivity (Wildman–Crippen MR) is 144 cm³/mol. The maximum absolute atomic E-state index is 13.4. The van der Waals surface area contributed by atoms with Gasteiger partial charge in [0.1, 0.15) is 5.60 Å². The highest BCUT2D eigenvalue weighted by atomic mass is 16.5. The maximum Gasteiger partial charge on any atom is 0.254 e. The van der Waals surface area contributed by atoms with Crippen LogP contribution in [-0.2, 0) is 21.5 Å². The summed E-state index contributed by atoms with van der Waals surface area (Å²) in [6.45, 7) is 13.5. The molecule has 2 aromatic rings. The Morgan fingerprint density at radius 2 is 1.83 bits per heavy atom. The van der Waals surface area contributed by atoms with Crippen LogP contribution in [0.25, 0.3) is 0 Å². The molecule has 1 aliphatic rings. The summed E-state index contributed by atoms with van der Waals surface area (Å²) < 4.78 is 17.9. The van der Waals surface area contributed by atoms with Gasteiger partial charge in [0.2, 0.25) is 5.88 Å². The summed E-state index contributed by atoms with van der Waals surface area (Å²) >= 11 is 0. The second-order valence-corrected chi connectivity index (χ2v) is 10.6. The number of nitrogens with zero attached hydrogens (tertiary/aromatic N) is 2. The Kier molecular flexibility index (Phi) is 9.92. The molecule has 1 aromatic carbocycles. The van der Waals surface area contributed by atoms with Crippen molar-refractivity contribution in [3.63, 3.8) is 0 Å². The minimum atomic E-state index is -0.653. The number of morpholine rings is 1. The Morgan fingerprint density at radius 1 is 1.11 bits per heavy atom. The van der Waals surface area contributed by atoms with Crippen LogP contribution in [0.4, 0.5) is 0 Å². The van der Waals surface area contributed by atoms with Crippen molar-refractivity contribution in [1.82, 2.24) is 9.88 Å². The number of pyridine rings is 1. The first-order valence-corrected chi connectivity index (χ1v) is 13.3. The molecule has 0 aliphatic carbocycles. The highest BCUT2D eigenvalue weighted by molar-refractivity contribution is 5.94. The SMILES string of the molecule is CCc1ccnc(OC)c1C(CC(C)C)C(CC(C)C)(OC)c1cccc(C(=O)N2CCOCC2)c1. The van der Waals surface area contributed by atoms with Crippen molar-refractivity contribution in [1.29, 1.82) is 0 Å². The molecule has 1 fully saturated rings. The molecular formula is C30H44N2O4. The molecule has 0 saturated carbocycles. The Balaban J connectivity index is 2.21. The second kappa shape index (κ2) is 12.7. The number of hydrogen-bond acceptors (Lipinski definition) is 5. The van der Waals surface area contributed by atoms with Gasteiger partial charge in [0.05, 0.1) is 20.3 Å². The predicted octanol–water partition coefficient (Wildman–Crippen LogP) is 5.84. The molecule has 2 heterocycles. The van der Waals surface area contributed by atoms with E-state index in [2.05, 4.69) is 51.7 Å². The van der Waals surface area contributed by atoms with Gasteiger partial charge in [-0.25, -0.2) is 4.98 Å². The molecule has 1 amide bonds. The van der Waals surface area contributed by atoms with E-state index in [-0.39, 0.29) is 11.8 Å². The first-order valence-electron chi connectivity index (χ1n) is 13.3. The van der Waals surface area contributed by atoms with E-state index < -0.39 is 5.60 Å². The fourth-order valence-electron chi connectivity index (χ4n) is 5.62. The van der Waals surface area contributed by atoms with Crippen molar-refractivity contribution in [2.45, 2.75) is 65.4 Å². The van der Waals surface area contributed by atoms with E-state index in [0.29, 0.717) is 49.6 Å². The first-order chi connectivity index (χ1) is 17.3. The molecule has 1 aliphatic heterocycles. The molecular weight excluding hydrogens is 452 g/mol. The van der Waals surface area contributed by atoms with E-state index >= 15 is 0 Å². The van der Waals surface area contributed by atoms with E-state index in [1.807, 2.05) is 29.3 Å². The number of carbonyl (C=O) groups is 1. The molecule has 1 saturated heterocycles. The molecule has 6 nitrogen and oxygen atoms in total. The molecule has 0 N–H and O–H groups in total. The zero-order valence-electron chi connectivity index (χ0n) is 23.2. The Bertz CT molecular complexity index is 978. The highest BCUT2D eigenvalue weighted by Crippen LogP contribution is 2.50. The summed E-state index contributed by atoms with van der Waals surface area (Å²) in [5.74, 6) is 1.49. The lowest BCUT2D eigenvalue weighted by atomic mass is 9.68. The van der Waals surface area contributed by atoms with E-state index in [1.165, 1.54) is 5.56 Å². The summed E-state index contributed by atoms with van der Waals surface area (Å²) in [4.78, 5) is 19.9. The van der Waals surface area contributed by atoms with Crippen LogP contribution >= 0.6 is 0 Å². The van der Waals surface area contributed by atoms with Gasteiger partial charge in [-0.2, -0.15) is 0 Å². The third-order valence-corrected chi connectivity index (χ3v) is 7.21. The van der Waals surface area contributed by atoms with Gasteiger partial charge >= 0.3 is 0 Å². The Hall–Kier alpha value is -2.44. The average molecular weight is 497 g/mol. The van der Waals surface area contributed by atoms with Crippen molar-refractivity contribution in [3.8, 4) is 5.88 Å². The summed E-state index contributed by atoms with van der Waals surface area (Å²) in [5, 5.41) is 0.